The van der Waals surface area contributed by atoms with Crippen LogP contribution in [-0.4, -0.2) is 33.7 Å². The predicted molar refractivity (Wildman–Crippen MR) is 70.9 cm³/mol. The molecule has 0 saturated heterocycles. The molecule has 1 rings (SSSR count). The first-order valence-corrected chi connectivity index (χ1v) is 7.31. The molecule has 0 heterocycles. The Balaban J connectivity index is 2.62. The van der Waals surface area contributed by atoms with E-state index >= 15 is 0 Å². The van der Waals surface area contributed by atoms with Gasteiger partial charge in [-0.2, -0.15) is 0 Å². The van der Waals surface area contributed by atoms with E-state index in [0.29, 0.717) is 0 Å². The Kier molecular flexibility index (Phi) is 5.25. The smallest absolute Gasteiger partial charge is 0.253 e. The van der Waals surface area contributed by atoms with E-state index in [9.17, 15) is 17.6 Å². The zero-order chi connectivity index (χ0) is 14.5. The normalized spacial score (nSPS) is 11.1. The van der Waals surface area contributed by atoms with Gasteiger partial charge < -0.3 is 10.6 Å². The molecule has 1 aromatic carbocycles. The maximum absolute atomic E-state index is 13.4. The van der Waals surface area contributed by atoms with Crippen LogP contribution in [0.2, 0.25) is 0 Å². The summed E-state index contributed by atoms with van der Waals surface area (Å²) < 4.78 is 34.8. The Morgan fingerprint density at radius 2 is 2.11 bits per heavy atom. The van der Waals surface area contributed by atoms with Crippen molar-refractivity contribution in [2.24, 2.45) is 5.14 Å². The van der Waals surface area contributed by atoms with Crippen molar-refractivity contribution in [3.05, 3.63) is 29.6 Å². The molecular formula is C11H16FN3O3S. The minimum absolute atomic E-state index is 0.103. The molecule has 0 aliphatic carbocycles. The number of amides is 1. The highest BCUT2D eigenvalue weighted by molar-refractivity contribution is 7.89. The summed E-state index contributed by atoms with van der Waals surface area (Å²) >= 11 is 0. The Morgan fingerprint density at radius 1 is 1.42 bits per heavy atom. The molecule has 0 fully saturated rings. The number of anilines is 1. The highest BCUT2D eigenvalue weighted by Crippen LogP contribution is 2.18. The van der Waals surface area contributed by atoms with Gasteiger partial charge in [-0.3, -0.25) is 4.79 Å². The van der Waals surface area contributed by atoms with Gasteiger partial charge in [-0.25, -0.2) is 17.9 Å². The van der Waals surface area contributed by atoms with E-state index < -0.39 is 21.7 Å². The van der Waals surface area contributed by atoms with Crippen molar-refractivity contribution >= 4 is 21.6 Å². The van der Waals surface area contributed by atoms with E-state index in [1.807, 2.05) is 0 Å². The zero-order valence-electron chi connectivity index (χ0n) is 10.4. The number of para-hydroxylation sites is 1. The minimum Gasteiger partial charge on any atom is -0.385 e. The Morgan fingerprint density at radius 3 is 2.68 bits per heavy atom. The third-order valence-corrected chi connectivity index (χ3v) is 3.26. The highest BCUT2D eigenvalue weighted by Gasteiger charge is 2.13. The number of carbonyl (C=O) groups is 1. The summed E-state index contributed by atoms with van der Waals surface area (Å²) in [5.41, 5.74) is 0.268. The number of hydrogen-bond acceptors (Lipinski definition) is 4. The van der Waals surface area contributed by atoms with Gasteiger partial charge in [-0.15, -0.1) is 0 Å². The first-order chi connectivity index (χ1) is 8.85. The molecule has 1 amide bonds. The number of benzene rings is 1. The lowest BCUT2D eigenvalue weighted by Crippen LogP contribution is -2.28. The van der Waals surface area contributed by atoms with Crippen LogP contribution in [0.3, 0.4) is 0 Å². The van der Waals surface area contributed by atoms with Crippen LogP contribution in [0.25, 0.3) is 0 Å². The van der Waals surface area contributed by atoms with Gasteiger partial charge in [0.15, 0.2) is 0 Å². The number of nitrogens with one attached hydrogen (secondary N) is 2. The van der Waals surface area contributed by atoms with Crippen molar-refractivity contribution < 1.29 is 17.6 Å². The van der Waals surface area contributed by atoms with Gasteiger partial charge in [0.05, 0.1) is 17.0 Å². The summed E-state index contributed by atoms with van der Waals surface area (Å²) in [7, 11) is -2.02. The maximum atomic E-state index is 13.4. The quantitative estimate of drug-likeness (QED) is 0.654. The van der Waals surface area contributed by atoms with Crippen molar-refractivity contribution in [3.8, 4) is 0 Å². The van der Waals surface area contributed by atoms with Gasteiger partial charge >= 0.3 is 0 Å². The monoisotopic (exact) mass is 289 g/mol. The lowest BCUT2D eigenvalue weighted by molar-refractivity contribution is 0.0954. The van der Waals surface area contributed by atoms with Crippen LogP contribution in [0.1, 0.15) is 16.8 Å². The summed E-state index contributed by atoms with van der Waals surface area (Å²) in [6.07, 6.45) is 0.203. The van der Waals surface area contributed by atoms with E-state index in [-0.39, 0.29) is 30.0 Å². The summed E-state index contributed by atoms with van der Waals surface area (Å²) in [5, 5.41) is 9.94. The van der Waals surface area contributed by atoms with Crippen molar-refractivity contribution in [1.82, 2.24) is 5.32 Å². The number of carbonyl (C=O) groups excluding carboxylic acids is 1. The van der Waals surface area contributed by atoms with Crippen LogP contribution in [0.5, 0.6) is 0 Å². The van der Waals surface area contributed by atoms with Gasteiger partial charge in [0.25, 0.3) is 5.91 Å². The largest absolute Gasteiger partial charge is 0.385 e. The summed E-state index contributed by atoms with van der Waals surface area (Å²) in [6.45, 7) is 0.148. The average molecular weight is 289 g/mol. The molecule has 0 radical (unpaired) electrons. The van der Waals surface area contributed by atoms with Crippen LogP contribution in [0.15, 0.2) is 18.2 Å². The van der Waals surface area contributed by atoms with Gasteiger partial charge in [0.2, 0.25) is 10.0 Å². The second kappa shape index (κ2) is 6.48. The molecule has 1 aromatic rings. The molecule has 0 atom stereocenters. The van der Waals surface area contributed by atoms with E-state index in [2.05, 4.69) is 10.6 Å². The Hall–Kier alpha value is -1.67. The molecule has 0 saturated carbocycles. The molecule has 8 heteroatoms. The maximum Gasteiger partial charge on any atom is 0.253 e. The van der Waals surface area contributed by atoms with Crippen molar-refractivity contribution in [2.75, 3.05) is 24.7 Å². The predicted octanol–water partition coefficient (Wildman–Crippen LogP) is 0.276. The summed E-state index contributed by atoms with van der Waals surface area (Å²) in [6, 6.07) is 4.14. The molecule has 0 aliphatic rings. The number of halogens is 1. The topological polar surface area (TPSA) is 101 Å². The van der Waals surface area contributed by atoms with Crippen LogP contribution in [-0.2, 0) is 10.0 Å². The van der Waals surface area contributed by atoms with Crippen molar-refractivity contribution in [3.63, 3.8) is 0 Å². The van der Waals surface area contributed by atoms with Crippen LogP contribution >= 0.6 is 0 Å². The molecule has 106 valence electrons. The first-order valence-electron chi connectivity index (χ1n) is 5.60. The van der Waals surface area contributed by atoms with E-state index in [4.69, 9.17) is 5.14 Å². The highest BCUT2D eigenvalue weighted by atomic mass is 32.2. The molecule has 19 heavy (non-hydrogen) atoms. The second-order valence-electron chi connectivity index (χ2n) is 3.89. The fraction of sp³-hybridized carbons (Fsp3) is 0.364. The van der Waals surface area contributed by atoms with Crippen LogP contribution in [0.4, 0.5) is 10.1 Å². The standard InChI is InChI=1S/C11H16FN3O3S/c1-14-10-8(4-2-5-9(10)12)11(16)15-6-3-7-19(13,17)18/h2,4-5,14H,3,6-7H2,1H3,(H,15,16)(H2,13,17,18). The number of nitrogens with two attached hydrogens (primary N) is 1. The van der Waals surface area contributed by atoms with Crippen LogP contribution in [0, 0.1) is 5.82 Å². The number of sulfonamides is 1. The molecule has 0 aliphatic heterocycles. The number of hydrogen-bond donors (Lipinski definition) is 3. The minimum atomic E-state index is -3.53. The SMILES string of the molecule is CNc1c(F)cccc1C(=O)NCCCS(N)(=O)=O. The van der Waals surface area contributed by atoms with Gasteiger partial charge in [0.1, 0.15) is 5.82 Å². The average Bonchev–Trinajstić information content (AvgIpc) is 2.33. The first kappa shape index (κ1) is 15.4. The lowest BCUT2D eigenvalue weighted by Gasteiger charge is -2.10. The molecule has 6 nitrogen and oxygen atoms in total. The fourth-order valence-corrected chi connectivity index (χ4v) is 2.08. The molecular weight excluding hydrogens is 273 g/mol. The molecule has 0 bridgehead atoms. The third kappa shape index (κ3) is 4.84. The Labute approximate surface area is 111 Å². The third-order valence-electron chi connectivity index (χ3n) is 2.40. The molecule has 0 aromatic heterocycles. The van der Waals surface area contributed by atoms with E-state index in [0.717, 1.165) is 0 Å². The summed E-state index contributed by atoms with van der Waals surface area (Å²) in [5.74, 6) is -1.21. The van der Waals surface area contributed by atoms with E-state index in [1.54, 1.807) is 0 Å². The molecule has 0 unspecified atom stereocenters. The number of rotatable bonds is 6. The summed E-state index contributed by atoms with van der Waals surface area (Å²) in [4.78, 5) is 11.8. The molecule has 4 N–H and O–H groups in total. The van der Waals surface area contributed by atoms with Gasteiger partial charge in [-0.05, 0) is 18.6 Å². The van der Waals surface area contributed by atoms with Crippen LogP contribution < -0.4 is 15.8 Å². The van der Waals surface area contributed by atoms with Crippen molar-refractivity contribution in [2.45, 2.75) is 6.42 Å². The van der Waals surface area contributed by atoms with Gasteiger partial charge in [0, 0.05) is 13.6 Å². The van der Waals surface area contributed by atoms with E-state index in [1.165, 1.54) is 25.2 Å². The second-order valence-corrected chi connectivity index (χ2v) is 5.62. The van der Waals surface area contributed by atoms with Gasteiger partial charge in [-0.1, -0.05) is 6.07 Å². The number of primary sulfonamides is 1. The fourth-order valence-electron chi connectivity index (χ4n) is 1.54. The lowest BCUT2D eigenvalue weighted by atomic mass is 10.1. The van der Waals surface area contributed by atoms with Crippen molar-refractivity contribution in [1.29, 1.82) is 0 Å². The Bertz CT molecular complexity index is 560. The zero-order valence-corrected chi connectivity index (χ0v) is 11.3. The molecule has 0 spiro atoms.